The minimum absolute atomic E-state index is 0. The Kier molecular flexibility index (Phi) is 6.31. The fourth-order valence-corrected chi connectivity index (χ4v) is 3.65. The Morgan fingerprint density at radius 2 is 2.00 bits per heavy atom. The summed E-state index contributed by atoms with van der Waals surface area (Å²) >= 11 is 0. The van der Waals surface area contributed by atoms with E-state index in [1.165, 1.54) is 12.8 Å². The fraction of sp³-hybridized carbons (Fsp3) is 0.611. The van der Waals surface area contributed by atoms with Crippen LogP contribution in [0.15, 0.2) is 18.2 Å². The van der Waals surface area contributed by atoms with Crippen LogP contribution in [0.2, 0.25) is 0 Å². The van der Waals surface area contributed by atoms with E-state index in [4.69, 9.17) is 10.5 Å². The number of aryl methyl sites for hydroxylation is 1. The number of ether oxygens (including phenoxy) is 1. The zero-order valence-corrected chi connectivity index (χ0v) is 14.6. The van der Waals surface area contributed by atoms with Gasteiger partial charge in [-0.1, -0.05) is 18.9 Å². The van der Waals surface area contributed by atoms with E-state index in [0.29, 0.717) is 11.7 Å². The van der Waals surface area contributed by atoms with Crippen LogP contribution in [-0.2, 0) is 4.74 Å². The summed E-state index contributed by atoms with van der Waals surface area (Å²) in [6.45, 7) is 3.53. The number of rotatable bonds is 4. The predicted octanol–water partition coefficient (Wildman–Crippen LogP) is 3.56. The van der Waals surface area contributed by atoms with Crippen molar-refractivity contribution in [1.29, 1.82) is 0 Å². The quantitative estimate of drug-likeness (QED) is 0.854. The van der Waals surface area contributed by atoms with Crippen molar-refractivity contribution < 1.29 is 9.53 Å². The Morgan fingerprint density at radius 1 is 1.26 bits per heavy atom. The number of benzene rings is 1. The SMILES string of the molecule is Cc1ccc(N)cc1C(=O)N(CC1CCCO1)C1CCCC1.Cl. The van der Waals surface area contributed by atoms with Gasteiger partial charge in [0.25, 0.3) is 5.91 Å². The Hall–Kier alpha value is -1.26. The van der Waals surface area contributed by atoms with E-state index in [1.54, 1.807) is 0 Å². The van der Waals surface area contributed by atoms with Gasteiger partial charge in [-0.25, -0.2) is 0 Å². The first-order chi connectivity index (χ1) is 10.6. The van der Waals surface area contributed by atoms with Crippen molar-refractivity contribution in [2.75, 3.05) is 18.9 Å². The van der Waals surface area contributed by atoms with Crippen molar-refractivity contribution in [3.8, 4) is 0 Å². The molecule has 3 rings (SSSR count). The molecule has 0 radical (unpaired) electrons. The van der Waals surface area contributed by atoms with Crippen molar-refractivity contribution in [2.24, 2.45) is 0 Å². The molecule has 2 fully saturated rings. The lowest BCUT2D eigenvalue weighted by molar-refractivity contribution is 0.0420. The minimum atomic E-state index is 0. The van der Waals surface area contributed by atoms with Crippen LogP contribution in [-0.4, -0.2) is 36.1 Å². The smallest absolute Gasteiger partial charge is 0.254 e. The van der Waals surface area contributed by atoms with E-state index in [-0.39, 0.29) is 24.4 Å². The number of anilines is 1. The lowest BCUT2D eigenvalue weighted by atomic mass is 10.0. The monoisotopic (exact) mass is 338 g/mol. The normalized spacial score (nSPS) is 21.2. The molecule has 2 aliphatic rings. The van der Waals surface area contributed by atoms with E-state index in [9.17, 15) is 4.79 Å². The predicted molar refractivity (Wildman–Crippen MR) is 95.1 cm³/mol. The van der Waals surface area contributed by atoms with Gasteiger partial charge < -0.3 is 15.4 Å². The number of carbonyl (C=O) groups excluding carboxylic acids is 1. The van der Waals surface area contributed by atoms with Gasteiger partial charge in [0, 0.05) is 30.4 Å². The average Bonchev–Trinajstić information content (AvgIpc) is 3.19. The molecule has 1 saturated heterocycles. The molecule has 1 amide bonds. The van der Waals surface area contributed by atoms with Crippen molar-refractivity contribution in [2.45, 2.75) is 57.6 Å². The van der Waals surface area contributed by atoms with Crippen LogP contribution in [0.4, 0.5) is 5.69 Å². The molecule has 1 unspecified atom stereocenters. The van der Waals surface area contributed by atoms with Gasteiger partial charge in [-0.3, -0.25) is 4.79 Å². The summed E-state index contributed by atoms with van der Waals surface area (Å²) in [5.41, 5.74) is 8.27. The molecule has 1 aliphatic carbocycles. The molecule has 1 aromatic carbocycles. The third kappa shape index (κ3) is 4.18. The number of nitrogens with two attached hydrogens (primary N) is 1. The average molecular weight is 339 g/mol. The number of amides is 1. The highest BCUT2D eigenvalue weighted by Gasteiger charge is 2.31. The molecule has 4 nitrogen and oxygen atoms in total. The molecular formula is C18H27ClN2O2. The lowest BCUT2D eigenvalue weighted by Crippen LogP contribution is -2.43. The topological polar surface area (TPSA) is 55.6 Å². The second-order valence-electron chi connectivity index (χ2n) is 6.61. The third-order valence-corrected chi connectivity index (χ3v) is 4.94. The van der Waals surface area contributed by atoms with Crippen LogP contribution in [0.3, 0.4) is 0 Å². The van der Waals surface area contributed by atoms with Gasteiger partial charge in [-0.15, -0.1) is 12.4 Å². The second kappa shape index (κ2) is 8.02. The van der Waals surface area contributed by atoms with E-state index < -0.39 is 0 Å². The minimum Gasteiger partial charge on any atom is -0.399 e. The van der Waals surface area contributed by atoms with Crippen LogP contribution in [0.5, 0.6) is 0 Å². The standard InChI is InChI=1S/C18H26N2O2.ClH/c1-13-8-9-14(19)11-17(13)18(21)20(15-5-2-3-6-15)12-16-7-4-10-22-16;/h8-9,11,15-16H,2-7,10,12,19H2,1H3;1H. The van der Waals surface area contributed by atoms with Gasteiger partial charge in [-0.05, 0) is 50.3 Å². The third-order valence-electron chi connectivity index (χ3n) is 4.94. The summed E-state index contributed by atoms with van der Waals surface area (Å²) in [5, 5.41) is 0. The van der Waals surface area contributed by atoms with Gasteiger partial charge in [0.15, 0.2) is 0 Å². The highest BCUT2D eigenvalue weighted by molar-refractivity contribution is 5.96. The first-order valence-electron chi connectivity index (χ1n) is 8.44. The maximum absolute atomic E-state index is 13.1. The maximum Gasteiger partial charge on any atom is 0.254 e. The zero-order chi connectivity index (χ0) is 15.5. The fourth-order valence-electron chi connectivity index (χ4n) is 3.65. The highest BCUT2D eigenvalue weighted by atomic mass is 35.5. The van der Waals surface area contributed by atoms with Crippen molar-refractivity contribution >= 4 is 24.0 Å². The number of hydrogen-bond donors (Lipinski definition) is 1. The van der Waals surface area contributed by atoms with E-state index >= 15 is 0 Å². The molecule has 1 aromatic rings. The largest absolute Gasteiger partial charge is 0.399 e. The van der Waals surface area contributed by atoms with Crippen LogP contribution in [0.25, 0.3) is 0 Å². The number of nitrogen functional groups attached to an aromatic ring is 1. The van der Waals surface area contributed by atoms with E-state index in [1.807, 2.05) is 25.1 Å². The van der Waals surface area contributed by atoms with Crippen molar-refractivity contribution in [3.05, 3.63) is 29.3 Å². The number of nitrogens with zero attached hydrogens (tertiary/aromatic N) is 1. The summed E-state index contributed by atoms with van der Waals surface area (Å²) in [6.07, 6.45) is 7.03. The molecule has 1 heterocycles. The summed E-state index contributed by atoms with van der Waals surface area (Å²) in [6, 6.07) is 5.96. The highest BCUT2D eigenvalue weighted by Crippen LogP contribution is 2.28. The first kappa shape index (κ1) is 18.1. The van der Waals surface area contributed by atoms with Crippen LogP contribution >= 0.6 is 12.4 Å². The van der Waals surface area contributed by atoms with Crippen LogP contribution < -0.4 is 5.73 Å². The van der Waals surface area contributed by atoms with Gasteiger partial charge in [0.05, 0.1) is 6.10 Å². The molecule has 128 valence electrons. The van der Waals surface area contributed by atoms with Crippen LogP contribution in [0.1, 0.15) is 54.4 Å². The van der Waals surface area contributed by atoms with Crippen LogP contribution in [0, 0.1) is 6.92 Å². The number of hydrogen-bond acceptors (Lipinski definition) is 3. The van der Waals surface area contributed by atoms with Gasteiger partial charge in [0.1, 0.15) is 0 Å². The summed E-state index contributed by atoms with van der Waals surface area (Å²) < 4.78 is 5.76. The first-order valence-corrected chi connectivity index (χ1v) is 8.44. The summed E-state index contributed by atoms with van der Waals surface area (Å²) in [5.74, 6) is 0.118. The molecule has 5 heteroatoms. The number of carbonyl (C=O) groups is 1. The lowest BCUT2D eigenvalue weighted by Gasteiger charge is -2.31. The second-order valence-corrected chi connectivity index (χ2v) is 6.61. The van der Waals surface area contributed by atoms with Crippen molar-refractivity contribution in [3.63, 3.8) is 0 Å². The molecule has 1 aliphatic heterocycles. The zero-order valence-electron chi connectivity index (χ0n) is 13.8. The molecule has 1 atom stereocenters. The Labute approximate surface area is 144 Å². The summed E-state index contributed by atoms with van der Waals surface area (Å²) in [4.78, 5) is 15.2. The van der Waals surface area contributed by atoms with Gasteiger partial charge in [0.2, 0.25) is 0 Å². The number of halogens is 1. The Balaban J connectivity index is 0.00000192. The Bertz CT molecular complexity index is 538. The molecule has 0 aromatic heterocycles. The van der Waals surface area contributed by atoms with E-state index in [0.717, 1.165) is 50.0 Å². The molecule has 23 heavy (non-hydrogen) atoms. The summed E-state index contributed by atoms with van der Waals surface area (Å²) in [7, 11) is 0. The molecule has 1 saturated carbocycles. The van der Waals surface area contributed by atoms with Crippen molar-refractivity contribution in [1.82, 2.24) is 4.90 Å². The molecule has 0 bridgehead atoms. The molecule has 0 spiro atoms. The van der Waals surface area contributed by atoms with Gasteiger partial charge >= 0.3 is 0 Å². The van der Waals surface area contributed by atoms with E-state index in [2.05, 4.69) is 4.90 Å². The molecule has 2 N–H and O–H groups in total. The Morgan fingerprint density at radius 3 is 2.65 bits per heavy atom. The van der Waals surface area contributed by atoms with Gasteiger partial charge in [-0.2, -0.15) is 0 Å². The molecular weight excluding hydrogens is 312 g/mol. The maximum atomic E-state index is 13.1.